The Hall–Kier alpha value is -0.870. The Morgan fingerprint density at radius 1 is 1.59 bits per heavy atom. The third kappa shape index (κ3) is 4.88. The van der Waals surface area contributed by atoms with Crippen molar-refractivity contribution in [3.8, 4) is 0 Å². The number of halogens is 1. The van der Waals surface area contributed by atoms with Crippen molar-refractivity contribution in [1.29, 1.82) is 0 Å². The van der Waals surface area contributed by atoms with Gasteiger partial charge in [0.15, 0.2) is 0 Å². The number of amides is 1. The van der Waals surface area contributed by atoms with Gasteiger partial charge in [0.25, 0.3) is 0 Å². The van der Waals surface area contributed by atoms with E-state index in [0.29, 0.717) is 16.5 Å². The third-order valence-electron chi connectivity index (χ3n) is 2.33. The zero-order chi connectivity index (χ0) is 12.8. The number of benzene rings is 1. The van der Waals surface area contributed by atoms with Gasteiger partial charge in [0.2, 0.25) is 5.91 Å². The van der Waals surface area contributed by atoms with Crippen molar-refractivity contribution in [3.63, 3.8) is 0 Å². The molecule has 0 radical (unpaired) electrons. The summed E-state index contributed by atoms with van der Waals surface area (Å²) in [6.45, 7) is 4.02. The predicted molar refractivity (Wildman–Crippen MR) is 74.5 cm³/mol. The second-order valence-electron chi connectivity index (χ2n) is 3.86. The van der Waals surface area contributed by atoms with Crippen LogP contribution in [0.25, 0.3) is 0 Å². The number of rotatable bonds is 5. The largest absolute Gasteiger partial charge is 0.399 e. The van der Waals surface area contributed by atoms with Gasteiger partial charge in [-0.25, -0.2) is 0 Å². The summed E-state index contributed by atoms with van der Waals surface area (Å²) in [7, 11) is 0. The van der Waals surface area contributed by atoms with Crippen LogP contribution in [0.15, 0.2) is 23.1 Å². The second kappa shape index (κ2) is 6.77. The van der Waals surface area contributed by atoms with E-state index in [1.54, 1.807) is 12.1 Å². The van der Waals surface area contributed by atoms with Crippen molar-refractivity contribution in [3.05, 3.63) is 23.2 Å². The molecule has 17 heavy (non-hydrogen) atoms. The fourth-order valence-corrected chi connectivity index (χ4v) is 2.28. The highest BCUT2D eigenvalue weighted by Crippen LogP contribution is 2.28. The van der Waals surface area contributed by atoms with Crippen LogP contribution < -0.4 is 11.1 Å². The number of hydrogen-bond donors (Lipinski definition) is 2. The highest BCUT2D eigenvalue weighted by molar-refractivity contribution is 8.00. The second-order valence-corrected chi connectivity index (χ2v) is 5.28. The lowest BCUT2D eigenvalue weighted by Crippen LogP contribution is -2.33. The van der Waals surface area contributed by atoms with Gasteiger partial charge >= 0.3 is 0 Å². The highest BCUT2D eigenvalue weighted by atomic mass is 35.5. The van der Waals surface area contributed by atoms with Gasteiger partial charge in [-0.05, 0) is 31.5 Å². The summed E-state index contributed by atoms with van der Waals surface area (Å²) in [5.74, 6) is 0.394. The van der Waals surface area contributed by atoms with Gasteiger partial charge in [0, 0.05) is 16.6 Å². The van der Waals surface area contributed by atoms with Crippen molar-refractivity contribution in [2.45, 2.75) is 31.2 Å². The third-order valence-corrected chi connectivity index (χ3v) is 3.83. The number of thioether (sulfide) groups is 1. The van der Waals surface area contributed by atoms with Gasteiger partial charge in [0.1, 0.15) is 0 Å². The summed E-state index contributed by atoms with van der Waals surface area (Å²) in [5, 5.41) is 3.49. The van der Waals surface area contributed by atoms with Crippen LogP contribution in [-0.2, 0) is 4.79 Å². The van der Waals surface area contributed by atoms with E-state index in [9.17, 15) is 4.79 Å². The first kappa shape index (κ1) is 14.2. The molecule has 0 aromatic heterocycles. The molecular weight excluding hydrogens is 256 g/mol. The smallest absolute Gasteiger partial charge is 0.230 e. The molecule has 1 amide bonds. The van der Waals surface area contributed by atoms with E-state index < -0.39 is 0 Å². The molecule has 0 aliphatic carbocycles. The van der Waals surface area contributed by atoms with E-state index >= 15 is 0 Å². The molecule has 0 saturated carbocycles. The molecule has 5 heteroatoms. The number of nitrogen functional groups attached to an aromatic ring is 1. The first-order valence-corrected chi connectivity index (χ1v) is 6.86. The first-order valence-electron chi connectivity index (χ1n) is 5.50. The molecule has 3 N–H and O–H groups in total. The first-order chi connectivity index (χ1) is 8.02. The molecule has 0 heterocycles. The molecule has 0 spiro atoms. The van der Waals surface area contributed by atoms with Gasteiger partial charge in [-0.3, -0.25) is 4.79 Å². The Morgan fingerprint density at radius 2 is 2.29 bits per heavy atom. The van der Waals surface area contributed by atoms with Crippen LogP contribution in [0.1, 0.15) is 20.3 Å². The fourth-order valence-electron chi connectivity index (χ4n) is 1.20. The Balaban J connectivity index is 2.47. The maximum absolute atomic E-state index is 11.6. The van der Waals surface area contributed by atoms with E-state index in [2.05, 4.69) is 5.32 Å². The van der Waals surface area contributed by atoms with Crippen LogP contribution in [0.5, 0.6) is 0 Å². The van der Waals surface area contributed by atoms with Crippen molar-refractivity contribution in [2.24, 2.45) is 0 Å². The summed E-state index contributed by atoms with van der Waals surface area (Å²) >= 11 is 7.43. The average Bonchev–Trinajstić information content (AvgIpc) is 2.27. The summed E-state index contributed by atoms with van der Waals surface area (Å²) in [6, 6.07) is 5.51. The topological polar surface area (TPSA) is 55.1 Å². The van der Waals surface area contributed by atoms with E-state index in [-0.39, 0.29) is 11.9 Å². The van der Waals surface area contributed by atoms with Gasteiger partial charge < -0.3 is 11.1 Å². The molecule has 1 rings (SSSR count). The number of hydrogen-bond acceptors (Lipinski definition) is 3. The van der Waals surface area contributed by atoms with Gasteiger partial charge in [-0.1, -0.05) is 18.5 Å². The Morgan fingerprint density at radius 3 is 2.88 bits per heavy atom. The minimum atomic E-state index is 0.0252. The zero-order valence-corrected chi connectivity index (χ0v) is 11.6. The lowest BCUT2D eigenvalue weighted by molar-refractivity contribution is -0.119. The van der Waals surface area contributed by atoms with Gasteiger partial charge in [-0.2, -0.15) is 0 Å². The van der Waals surface area contributed by atoms with Crippen LogP contribution in [0.3, 0.4) is 0 Å². The van der Waals surface area contributed by atoms with E-state index in [1.165, 1.54) is 11.8 Å². The Kier molecular flexibility index (Phi) is 5.65. The quantitative estimate of drug-likeness (QED) is 0.640. The molecule has 1 atom stereocenters. The molecule has 94 valence electrons. The summed E-state index contributed by atoms with van der Waals surface area (Å²) in [4.78, 5) is 12.4. The molecule has 0 bridgehead atoms. The Labute approximate surface area is 111 Å². The van der Waals surface area contributed by atoms with Gasteiger partial charge in [0.05, 0.1) is 10.8 Å². The van der Waals surface area contributed by atoms with Crippen LogP contribution in [0, 0.1) is 0 Å². The molecule has 1 unspecified atom stereocenters. The van der Waals surface area contributed by atoms with Crippen LogP contribution in [-0.4, -0.2) is 17.7 Å². The van der Waals surface area contributed by atoms with Gasteiger partial charge in [-0.15, -0.1) is 11.8 Å². The Bertz CT molecular complexity index is 398. The predicted octanol–water partition coefficient (Wildman–Crippen LogP) is 2.93. The maximum Gasteiger partial charge on any atom is 0.230 e. The van der Waals surface area contributed by atoms with E-state index in [1.807, 2.05) is 19.9 Å². The minimum Gasteiger partial charge on any atom is -0.399 e. The summed E-state index contributed by atoms with van der Waals surface area (Å²) in [5.41, 5.74) is 6.22. The van der Waals surface area contributed by atoms with Crippen molar-refractivity contribution in [2.75, 3.05) is 11.5 Å². The molecular formula is C12H17ClN2OS. The van der Waals surface area contributed by atoms with Crippen LogP contribution in [0.2, 0.25) is 5.02 Å². The van der Waals surface area contributed by atoms with E-state index in [0.717, 1.165) is 11.3 Å². The molecule has 0 aliphatic rings. The number of carbonyl (C=O) groups is 1. The van der Waals surface area contributed by atoms with Crippen molar-refractivity contribution < 1.29 is 4.79 Å². The lowest BCUT2D eigenvalue weighted by atomic mass is 10.3. The number of anilines is 1. The lowest BCUT2D eigenvalue weighted by Gasteiger charge is -2.11. The zero-order valence-electron chi connectivity index (χ0n) is 10.00. The monoisotopic (exact) mass is 272 g/mol. The number of nitrogens with one attached hydrogen (secondary N) is 1. The number of nitrogens with two attached hydrogens (primary N) is 1. The molecule has 3 nitrogen and oxygen atoms in total. The molecule has 1 aromatic carbocycles. The highest BCUT2D eigenvalue weighted by Gasteiger charge is 2.08. The normalized spacial score (nSPS) is 12.2. The standard InChI is InChI=1S/C12H17ClN2OS/c1-3-8(2)15-12(16)7-17-11-5-4-9(14)6-10(11)13/h4-6,8H,3,7,14H2,1-2H3,(H,15,16). The maximum atomic E-state index is 11.6. The molecule has 0 fully saturated rings. The van der Waals surface area contributed by atoms with Crippen LogP contribution in [0.4, 0.5) is 5.69 Å². The molecule has 0 saturated heterocycles. The molecule has 0 aliphatic heterocycles. The summed E-state index contributed by atoms with van der Waals surface area (Å²) < 4.78 is 0. The van der Waals surface area contributed by atoms with Crippen molar-refractivity contribution >= 4 is 35.0 Å². The minimum absolute atomic E-state index is 0.0252. The SMILES string of the molecule is CCC(C)NC(=O)CSc1ccc(N)cc1Cl. The average molecular weight is 273 g/mol. The number of carbonyl (C=O) groups excluding carboxylic acids is 1. The van der Waals surface area contributed by atoms with Crippen molar-refractivity contribution in [1.82, 2.24) is 5.32 Å². The molecule has 1 aromatic rings. The fraction of sp³-hybridized carbons (Fsp3) is 0.417. The summed E-state index contributed by atoms with van der Waals surface area (Å²) in [6.07, 6.45) is 0.930. The van der Waals surface area contributed by atoms with E-state index in [4.69, 9.17) is 17.3 Å². The van der Waals surface area contributed by atoms with Crippen LogP contribution >= 0.6 is 23.4 Å².